The Morgan fingerprint density at radius 1 is 1.00 bits per heavy atom. The van der Waals surface area contributed by atoms with E-state index in [1.807, 2.05) is 0 Å². The maximum atomic E-state index is 12.1. The van der Waals surface area contributed by atoms with E-state index in [9.17, 15) is 8.42 Å². The average molecular weight is 443 g/mol. The van der Waals surface area contributed by atoms with Gasteiger partial charge in [0.15, 0.2) is 31.9 Å². The minimum absolute atomic E-state index is 0.210. The van der Waals surface area contributed by atoms with Crippen molar-refractivity contribution in [3.05, 3.63) is 0 Å². The van der Waals surface area contributed by atoms with Crippen molar-refractivity contribution in [2.24, 2.45) is 0 Å². The smallest absolute Gasteiger partial charge is 0.346 e. The van der Waals surface area contributed by atoms with Gasteiger partial charge in [-0.1, -0.05) is 6.92 Å². The van der Waals surface area contributed by atoms with Crippen LogP contribution in [0, 0.1) is 0 Å². The summed E-state index contributed by atoms with van der Waals surface area (Å²) in [7, 11) is -9.63. The minimum Gasteiger partial charge on any atom is -0.435 e. The zero-order valence-corrected chi connectivity index (χ0v) is 21.6. The number of sulfone groups is 1. The maximum absolute atomic E-state index is 12.1. The Balaban J connectivity index is 3.01. The number of rotatable bonds is 11. The number of hydrogen-bond donors (Lipinski definition) is 0. The van der Waals surface area contributed by atoms with Gasteiger partial charge in [0.05, 0.1) is 12.4 Å². The standard InChI is InChI=1S/C16H38O6SSi3/c1-9-12-19-16(14-20-15-11-10-13-23(15,17)18)26(8,21-24(2,3)4)22-25(5,6)7/h15-16H,9-14H2,1-8H3. The van der Waals surface area contributed by atoms with Gasteiger partial charge in [0, 0.05) is 6.61 Å². The van der Waals surface area contributed by atoms with E-state index in [0.29, 0.717) is 19.4 Å². The summed E-state index contributed by atoms with van der Waals surface area (Å²) < 4.78 is 49.3. The van der Waals surface area contributed by atoms with Crippen molar-refractivity contribution in [2.45, 2.75) is 83.2 Å². The zero-order valence-electron chi connectivity index (χ0n) is 17.8. The van der Waals surface area contributed by atoms with Crippen LogP contribution in [0.1, 0.15) is 26.2 Å². The Kier molecular flexibility index (Phi) is 8.75. The van der Waals surface area contributed by atoms with Crippen LogP contribution >= 0.6 is 0 Å². The molecule has 0 aromatic heterocycles. The SMILES string of the molecule is CCCOC(COC1CCCS1(=O)=O)[Si](C)(O[Si](C)(C)C)O[Si](C)(C)C. The van der Waals surface area contributed by atoms with E-state index < -0.39 is 40.5 Å². The fourth-order valence-electron chi connectivity index (χ4n) is 3.12. The average Bonchev–Trinajstić information content (AvgIpc) is 2.73. The Labute approximate surface area is 163 Å². The lowest BCUT2D eigenvalue weighted by Gasteiger charge is -2.42. The fraction of sp³-hybridized carbons (Fsp3) is 1.00. The first-order chi connectivity index (χ1) is 11.7. The van der Waals surface area contributed by atoms with Crippen LogP contribution in [0.5, 0.6) is 0 Å². The van der Waals surface area contributed by atoms with Crippen LogP contribution in [0.4, 0.5) is 0 Å². The van der Waals surface area contributed by atoms with Crippen LogP contribution in [0.2, 0.25) is 45.8 Å². The summed E-state index contributed by atoms with van der Waals surface area (Å²) >= 11 is 0. The molecule has 2 unspecified atom stereocenters. The lowest BCUT2D eigenvalue weighted by Crippen LogP contribution is -2.62. The summed E-state index contributed by atoms with van der Waals surface area (Å²) in [4.78, 5) is 0. The molecule has 1 saturated heterocycles. The molecule has 1 fully saturated rings. The van der Waals surface area contributed by atoms with E-state index in [2.05, 4.69) is 52.8 Å². The monoisotopic (exact) mass is 442 g/mol. The van der Waals surface area contributed by atoms with Gasteiger partial charge in [0.2, 0.25) is 0 Å². The molecule has 0 aromatic carbocycles. The third kappa shape index (κ3) is 8.21. The molecule has 6 nitrogen and oxygen atoms in total. The first-order valence-electron chi connectivity index (χ1n) is 9.54. The van der Waals surface area contributed by atoms with Crippen molar-refractivity contribution in [1.82, 2.24) is 0 Å². The molecule has 156 valence electrons. The largest absolute Gasteiger partial charge is 0.435 e. The van der Waals surface area contributed by atoms with Gasteiger partial charge in [-0.25, -0.2) is 8.42 Å². The second-order valence-electron chi connectivity index (χ2n) is 9.08. The van der Waals surface area contributed by atoms with E-state index in [1.165, 1.54) is 0 Å². The molecule has 1 aliphatic heterocycles. The van der Waals surface area contributed by atoms with Gasteiger partial charge in [0.25, 0.3) is 0 Å². The highest BCUT2D eigenvalue weighted by atomic mass is 32.2. The van der Waals surface area contributed by atoms with E-state index in [0.717, 1.165) is 6.42 Å². The molecule has 0 bridgehead atoms. The molecule has 26 heavy (non-hydrogen) atoms. The van der Waals surface area contributed by atoms with Gasteiger partial charge in [-0.2, -0.15) is 0 Å². The molecule has 0 saturated carbocycles. The summed E-state index contributed by atoms with van der Waals surface area (Å²) in [6.45, 7) is 17.8. The molecule has 10 heteroatoms. The van der Waals surface area contributed by atoms with Crippen molar-refractivity contribution in [3.8, 4) is 0 Å². The van der Waals surface area contributed by atoms with E-state index in [4.69, 9.17) is 17.7 Å². The summed E-state index contributed by atoms with van der Waals surface area (Å²) in [6, 6.07) is 0. The maximum Gasteiger partial charge on any atom is 0.346 e. The van der Waals surface area contributed by atoms with Gasteiger partial charge in [0.1, 0.15) is 5.73 Å². The van der Waals surface area contributed by atoms with Crippen LogP contribution < -0.4 is 0 Å². The van der Waals surface area contributed by atoms with Gasteiger partial charge in [-0.15, -0.1) is 0 Å². The molecule has 1 heterocycles. The van der Waals surface area contributed by atoms with Crippen molar-refractivity contribution >= 4 is 35.0 Å². The first-order valence-corrected chi connectivity index (χ1v) is 20.5. The number of ether oxygens (including phenoxy) is 2. The van der Waals surface area contributed by atoms with Gasteiger partial charge >= 0.3 is 8.56 Å². The molecule has 0 aromatic rings. The molecule has 1 rings (SSSR count). The third-order valence-corrected chi connectivity index (χ3v) is 15.5. The Morgan fingerprint density at radius 2 is 1.54 bits per heavy atom. The van der Waals surface area contributed by atoms with Crippen LogP contribution in [0.15, 0.2) is 0 Å². The highest BCUT2D eigenvalue weighted by Gasteiger charge is 2.48. The highest BCUT2D eigenvalue weighted by Crippen LogP contribution is 2.28. The molecule has 0 amide bonds. The van der Waals surface area contributed by atoms with Crippen molar-refractivity contribution in [1.29, 1.82) is 0 Å². The quantitative estimate of drug-likeness (QED) is 0.455. The van der Waals surface area contributed by atoms with Crippen LogP contribution in [0.25, 0.3) is 0 Å². The Hall–Kier alpha value is 0.441. The van der Waals surface area contributed by atoms with Crippen LogP contribution in [-0.4, -0.2) is 63.7 Å². The predicted molar refractivity (Wildman–Crippen MR) is 113 cm³/mol. The van der Waals surface area contributed by atoms with E-state index >= 15 is 0 Å². The summed E-state index contributed by atoms with van der Waals surface area (Å²) in [5, 5.41) is 0. The van der Waals surface area contributed by atoms with Crippen LogP contribution in [-0.2, 0) is 27.5 Å². The third-order valence-electron chi connectivity index (χ3n) is 3.83. The fourth-order valence-corrected chi connectivity index (χ4v) is 16.9. The molecular weight excluding hydrogens is 404 g/mol. The van der Waals surface area contributed by atoms with Gasteiger partial charge < -0.3 is 17.7 Å². The Bertz CT molecular complexity index is 525. The van der Waals surface area contributed by atoms with Crippen molar-refractivity contribution in [2.75, 3.05) is 19.0 Å². The lowest BCUT2D eigenvalue weighted by atomic mass is 10.4. The second-order valence-corrected chi connectivity index (χ2v) is 24.1. The Morgan fingerprint density at radius 3 is 1.92 bits per heavy atom. The van der Waals surface area contributed by atoms with Crippen LogP contribution in [0.3, 0.4) is 0 Å². The minimum atomic E-state index is -3.15. The summed E-state index contributed by atoms with van der Waals surface area (Å²) in [5.41, 5.74) is -1.05. The molecule has 0 aliphatic carbocycles. The van der Waals surface area contributed by atoms with E-state index in [1.54, 1.807) is 0 Å². The molecule has 0 radical (unpaired) electrons. The predicted octanol–water partition coefficient (Wildman–Crippen LogP) is 3.65. The normalized spacial score (nSPS) is 22.5. The molecule has 2 atom stereocenters. The summed E-state index contributed by atoms with van der Waals surface area (Å²) in [5.74, 6) is 0.212. The van der Waals surface area contributed by atoms with Gasteiger partial charge in [-0.05, 0) is 65.1 Å². The first kappa shape index (κ1) is 24.5. The van der Waals surface area contributed by atoms with E-state index in [-0.39, 0.29) is 18.1 Å². The zero-order chi connectivity index (χ0) is 20.2. The molecule has 1 aliphatic rings. The molecular formula is C16H38O6SSi3. The van der Waals surface area contributed by atoms with Gasteiger partial charge in [-0.3, -0.25) is 0 Å². The molecule has 0 N–H and O–H groups in total. The topological polar surface area (TPSA) is 71.1 Å². The highest BCUT2D eigenvalue weighted by molar-refractivity contribution is 7.92. The lowest BCUT2D eigenvalue weighted by molar-refractivity contribution is -0.00505. The van der Waals surface area contributed by atoms with Crippen molar-refractivity contribution in [3.63, 3.8) is 0 Å². The number of hydrogen-bond acceptors (Lipinski definition) is 6. The summed E-state index contributed by atoms with van der Waals surface area (Å²) in [6.07, 6.45) is 2.10. The second kappa shape index (κ2) is 9.29. The molecule has 0 spiro atoms. The van der Waals surface area contributed by atoms with Crippen molar-refractivity contribution < 1.29 is 26.1 Å².